The van der Waals surface area contributed by atoms with Gasteiger partial charge in [0.2, 0.25) is 11.8 Å². The average molecular weight is 378 g/mol. The van der Waals surface area contributed by atoms with Crippen molar-refractivity contribution in [2.75, 3.05) is 7.11 Å². The molecule has 1 aliphatic heterocycles. The van der Waals surface area contributed by atoms with Gasteiger partial charge in [-0.1, -0.05) is 42.0 Å². The van der Waals surface area contributed by atoms with Gasteiger partial charge in [-0.15, -0.1) is 0 Å². The molecule has 2 aromatic rings. The van der Waals surface area contributed by atoms with E-state index >= 15 is 0 Å². The molecule has 0 spiro atoms. The Labute approximate surface area is 166 Å². The molecule has 0 saturated heterocycles. The van der Waals surface area contributed by atoms with E-state index in [1.54, 1.807) is 18.2 Å². The molecule has 0 fully saturated rings. The molecule has 2 amide bonds. The van der Waals surface area contributed by atoms with Gasteiger partial charge in [0.25, 0.3) is 0 Å². The minimum atomic E-state index is -0.315. The Balaban J connectivity index is 1.79. The van der Waals surface area contributed by atoms with Crippen LogP contribution in [0.2, 0.25) is 0 Å². The summed E-state index contributed by atoms with van der Waals surface area (Å²) in [5.74, 6) is 0.545. The number of carbonyl (C=O) groups excluding carboxylic acids is 2. The second-order valence-corrected chi connectivity index (χ2v) is 7.13. The van der Waals surface area contributed by atoms with Crippen molar-refractivity contribution in [3.05, 3.63) is 70.9 Å². The van der Waals surface area contributed by atoms with Crippen LogP contribution in [-0.4, -0.2) is 23.8 Å². The quantitative estimate of drug-likeness (QED) is 0.850. The maximum Gasteiger partial charge on any atom is 0.223 e. The topological polar surface area (TPSA) is 58.6 Å². The molecule has 1 aliphatic rings. The lowest BCUT2D eigenvalue weighted by molar-refractivity contribution is -0.130. The van der Waals surface area contributed by atoms with Gasteiger partial charge in [0, 0.05) is 18.7 Å². The third-order valence-corrected chi connectivity index (χ3v) is 5.08. The van der Waals surface area contributed by atoms with E-state index in [9.17, 15) is 9.59 Å². The number of amides is 2. The third kappa shape index (κ3) is 4.09. The summed E-state index contributed by atoms with van der Waals surface area (Å²) < 4.78 is 5.43. The SMILES string of the molecule is COc1ccc(C)cc1C(C)NC(=O)CC1c2ccccc2C=CN1C(C)=O. The molecular formula is C23H26N2O3. The van der Waals surface area contributed by atoms with Crippen LogP contribution >= 0.6 is 0 Å². The molecule has 0 saturated carbocycles. The maximum absolute atomic E-state index is 12.8. The molecule has 0 aliphatic carbocycles. The molecule has 1 heterocycles. The Bertz CT molecular complexity index is 920. The van der Waals surface area contributed by atoms with E-state index < -0.39 is 0 Å². The number of aryl methyl sites for hydroxylation is 1. The van der Waals surface area contributed by atoms with Gasteiger partial charge in [0.1, 0.15) is 5.75 Å². The summed E-state index contributed by atoms with van der Waals surface area (Å²) >= 11 is 0. The zero-order chi connectivity index (χ0) is 20.3. The first kappa shape index (κ1) is 19.7. The van der Waals surface area contributed by atoms with Crippen molar-refractivity contribution in [1.29, 1.82) is 0 Å². The minimum Gasteiger partial charge on any atom is -0.496 e. The zero-order valence-electron chi connectivity index (χ0n) is 16.7. The molecule has 3 rings (SSSR count). The number of fused-ring (bicyclic) bond motifs is 1. The van der Waals surface area contributed by atoms with E-state index in [4.69, 9.17) is 4.74 Å². The smallest absolute Gasteiger partial charge is 0.223 e. The van der Waals surface area contributed by atoms with E-state index in [-0.39, 0.29) is 30.3 Å². The number of nitrogens with one attached hydrogen (secondary N) is 1. The summed E-state index contributed by atoms with van der Waals surface area (Å²) in [6, 6.07) is 13.2. The predicted molar refractivity (Wildman–Crippen MR) is 110 cm³/mol. The fraction of sp³-hybridized carbons (Fsp3) is 0.304. The molecule has 1 N–H and O–H groups in total. The number of nitrogens with zero attached hydrogens (tertiary/aromatic N) is 1. The van der Waals surface area contributed by atoms with Gasteiger partial charge in [-0.25, -0.2) is 0 Å². The second-order valence-electron chi connectivity index (χ2n) is 7.13. The lowest BCUT2D eigenvalue weighted by atomic mass is 9.93. The Hall–Kier alpha value is -3.08. The molecule has 0 bridgehead atoms. The van der Waals surface area contributed by atoms with Crippen LogP contribution in [0, 0.1) is 6.92 Å². The molecular weight excluding hydrogens is 352 g/mol. The van der Waals surface area contributed by atoms with Gasteiger partial charge in [-0.2, -0.15) is 0 Å². The summed E-state index contributed by atoms with van der Waals surface area (Å²) in [5.41, 5.74) is 4.05. The number of hydrogen-bond donors (Lipinski definition) is 1. The number of methoxy groups -OCH3 is 1. The summed E-state index contributed by atoms with van der Waals surface area (Å²) in [4.78, 5) is 26.6. The normalized spacial score (nSPS) is 16.3. The van der Waals surface area contributed by atoms with E-state index in [0.717, 1.165) is 28.0 Å². The summed E-state index contributed by atoms with van der Waals surface area (Å²) in [5, 5.41) is 3.05. The first-order chi connectivity index (χ1) is 13.4. The Morgan fingerprint density at radius 2 is 1.96 bits per heavy atom. The molecule has 146 valence electrons. The number of benzene rings is 2. The Morgan fingerprint density at radius 3 is 2.68 bits per heavy atom. The second kappa shape index (κ2) is 8.30. The van der Waals surface area contributed by atoms with Gasteiger partial charge in [0.05, 0.1) is 25.6 Å². The molecule has 5 nitrogen and oxygen atoms in total. The van der Waals surface area contributed by atoms with Crippen LogP contribution in [0.4, 0.5) is 0 Å². The van der Waals surface area contributed by atoms with Gasteiger partial charge in [0.15, 0.2) is 0 Å². The number of carbonyl (C=O) groups is 2. The summed E-state index contributed by atoms with van der Waals surface area (Å²) in [7, 11) is 1.62. The first-order valence-electron chi connectivity index (χ1n) is 9.40. The fourth-order valence-corrected chi connectivity index (χ4v) is 3.66. The lowest BCUT2D eigenvalue weighted by Gasteiger charge is -2.32. The lowest BCUT2D eigenvalue weighted by Crippen LogP contribution is -2.36. The predicted octanol–water partition coefficient (Wildman–Crippen LogP) is 4.15. The van der Waals surface area contributed by atoms with Crippen LogP contribution in [0.15, 0.2) is 48.7 Å². The van der Waals surface area contributed by atoms with Crippen molar-refractivity contribution in [3.8, 4) is 5.75 Å². The molecule has 2 atom stereocenters. The highest BCUT2D eigenvalue weighted by Crippen LogP contribution is 2.33. The minimum absolute atomic E-state index is 0.0862. The van der Waals surface area contributed by atoms with Crippen molar-refractivity contribution in [3.63, 3.8) is 0 Å². The molecule has 0 aromatic heterocycles. The molecule has 28 heavy (non-hydrogen) atoms. The van der Waals surface area contributed by atoms with Crippen LogP contribution in [0.3, 0.4) is 0 Å². The molecule has 0 radical (unpaired) electrons. The van der Waals surface area contributed by atoms with E-state index in [2.05, 4.69) is 5.32 Å². The van der Waals surface area contributed by atoms with E-state index in [1.165, 1.54) is 6.92 Å². The van der Waals surface area contributed by atoms with Gasteiger partial charge < -0.3 is 15.0 Å². The van der Waals surface area contributed by atoms with Crippen molar-refractivity contribution in [1.82, 2.24) is 10.2 Å². The van der Waals surface area contributed by atoms with Crippen LogP contribution in [-0.2, 0) is 9.59 Å². The number of rotatable bonds is 5. The molecule has 5 heteroatoms. The number of hydrogen-bond acceptors (Lipinski definition) is 3. The fourth-order valence-electron chi connectivity index (χ4n) is 3.66. The largest absolute Gasteiger partial charge is 0.496 e. The monoisotopic (exact) mass is 378 g/mol. The summed E-state index contributed by atoms with van der Waals surface area (Å²) in [6.07, 6.45) is 3.86. The Kier molecular flexibility index (Phi) is 5.83. The van der Waals surface area contributed by atoms with Crippen LogP contribution < -0.4 is 10.1 Å². The number of ether oxygens (including phenoxy) is 1. The highest BCUT2D eigenvalue weighted by Gasteiger charge is 2.28. The maximum atomic E-state index is 12.8. The Morgan fingerprint density at radius 1 is 1.21 bits per heavy atom. The van der Waals surface area contributed by atoms with Crippen LogP contribution in [0.25, 0.3) is 6.08 Å². The van der Waals surface area contributed by atoms with E-state index in [1.807, 2.05) is 62.4 Å². The summed E-state index contributed by atoms with van der Waals surface area (Å²) in [6.45, 7) is 5.46. The van der Waals surface area contributed by atoms with Crippen LogP contribution in [0.1, 0.15) is 54.6 Å². The standard InChI is InChI=1S/C23H26N2O3/c1-15-9-10-22(28-4)20(13-15)16(2)24-23(27)14-21-19-8-6-5-7-18(19)11-12-25(21)17(3)26/h5-13,16,21H,14H2,1-4H3,(H,24,27). The molecule has 2 aromatic carbocycles. The third-order valence-electron chi connectivity index (χ3n) is 5.08. The van der Waals surface area contributed by atoms with E-state index in [0.29, 0.717) is 0 Å². The average Bonchev–Trinajstić information content (AvgIpc) is 2.67. The van der Waals surface area contributed by atoms with Crippen molar-refractivity contribution in [2.45, 2.75) is 39.3 Å². The first-order valence-corrected chi connectivity index (χ1v) is 9.40. The molecule has 2 unspecified atom stereocenters. The van der Waals surface area contributed by atoms with Crippen molar-refractivity contribution >= 4 is 17.9 Å². The van der Waals surface area contributed by atoms with Gasteiger partial charge >= 0.3 is 0 Å². The highest BCUT2D eigenvalue weighted by molar-refractivity contribution is 5.82. The zero-order valence-corrected chi connectivity index (χ0v) is 16.7. The highest BCUT2D eigenvalue weighted by atomic mass is 16.5. The van der Waals surface area contributed by atoms with Crippen molar-refractivity contribution in [2.24, 2.45) is 0 Å². The van der Waals surface area contributed by atoms with Crippen LogP contribution in [0.5, 0.6) is 5.75 Å². The van der Waals surface area contributed by atoms with Gasteiger partial charge in [-0.05, 0) is 37.1 Å². The van der Waals surface area contributed by atoms with Crippen molar-refractivity contribution < 1.29 is 14.3 Å². The van der Waals surface area contributed by atoms with Gasteiger partial charge in [-0.3, -0.25) is 9.59 Å².